The summed E-state index contributed by atoms with van der Waals surface area (Å²) in [5.41, 5.74) is 3.78. The van der Waals surface area contributed by atoms with Crippen LogP contribution in [0.5, 0.6) is 0 Å². The van der Waals surface area contributed by atoms with Crippen LogP contribution in [-0.2, 0) is 4.79 Å². The van der Waals surface area contributed by atoms with E-state index in [2.05, 4.69) is 54.7 Å². The molecule has 32 heavy (non-hydrogen) atoms. The van der Waals surface area contributed by atoms with Crippen molar-refractivity contribution in [3.8, 4) is 0 Å². The fraction of sp³-hybridized carbons (Fsp3) is 0.833. The second-order valence-electron chi connectivity index (χ2n) is 13.5. The third kappa shape index (κ3) is 3.13. The summed E-state index contributed by atoms with van der Waals surface area (Å²) in [7, 11) is 0. The van der Waals surface area contributed by atoms with Crippen molar-refractivity contribution in [2.24, 2.45) is 51.2 Å². The molecular formula is C30H48O2. The van der Waals surface area contributed by atoms with Gasteiger partial charge in [0.1, 0.15) is 0 Å². The van der Waals surface area contributed by atoms with Crippen LogP contribution >= 0.6 is 0 Å². The molecule has 0 aromatic carbocycles. The standard InChI is InChI=1S/C30H48O2/c1-19(2)21-11-15-28(6)23(21)13-18-30(8)25(28)10-9-24-27(5,16-14-26(31)32)22(20(3)4)12-17-29(24,30)7/h21-25H,1,3,9-18H2,2,4-8H3,(H,31,32)/t21-,22-,23-,24+,25+,27-,28-,29+,30+/m0/s1. The van der Waals surface area contributed by atoms with Gasteiger partial charge in [0.15, 0.2) is 0 Å². The van der Waals surface area contributed by atoms with Crippen molar-refractivity contribution in [1.82, 2.24) is 0 Å². The highest BCUT2D eigenvalue weighted by atomic mass is 16.4. The van der Waals surface area contributed by atoms with E-state index in [1.165, 1.54) is 62.5 Å². The monoisotopic (exact) mass is 440 g/mol. The quantitative estimate of drug-likeness (QED) is 0.437. The smallest absolute Gasteiger partial charge is 0.303 e. The van der Waals surface area contributed by atoms with Gasteiger partial charge in [-0.25, -0.2) is 0 Å². The van der Waals surface area contributed by atoms with Crippen molar-refractivity contribution in [1.29, 1.82) is 0 Å². The molecule has 4 aliphatic carbocycles. The molecule has 0 bridgehead atoms. The molecule has 180 valence electrons. The molecule has 0 aromatic heterocycles. The Labute approximate surface area is 197 Å². The normalized spacial score (nSPS) is 50.1. The van der Waals surface area contributed by atoms with Crippen LogP contribution in [0, 0.1) is 51.2 Å². The highest BCUT2D eigenvalue weighted by Crippen LogP contribution is 2.76. The molecule has 4 saturated carbocycles. The van der Waals surface area contributed by atoms with Crippen LogP contribution in [0.25, 0.3) is 0 Å². The summed E-state index contributed by atoms with van der Waals surface area (Å²) in [4.78, 5) is 11.6. The van der Waals surface area contributed by atoms with Gasteiger partial charge in [-0.05, 0) is 123 Å². The molecule has 2 nitrogen and oxygen atoms in total. The van der Waals surface area contributed by atoms with Crippen molar-refractivity contribution >= 4 is 5.97 Å². The number of allylic oxidation sites excluding steroid dienone is 2. The third-order valence-corrected chi connectivity index (χ3v) is 12.3. The highest BCUT2D eigenvalue weighted by molar-refractivity contribution is 5.66. The van der Waals surface area contributed by atoms with Gasteiger partial charge in [-0.1, -0.05) is 52.0 Å². The Morgan fingerprint density at radius 3 is 2.03 bits per heavy atom. The molecular weight excluding hydrogens is 392 g/mol. The van der Waals surface area contributed by atoms with Gasteiger partial charge in [-0.2, -0.15) is 0 Å². The third-order valence-electron chi connectivity index (χ3n) is 12.3. The van der Waals surface area contributed by atoms with Crippen molar-refractivity contribution in [3.63, 3.8) is 0 Å². The number of hydrogen-bond acceptors (Lipinski definition) is 1. The van der Waals surface area contributed by atoms with Gasteiger partial charge in [0.2, 0.25) is 0 Å². The number of hydrogen-bond donors (Lipinski definition) is 1. The molecule has 4 aliphatic rings. The second-order valence-corrected chi connectivity index (χ2v) is 13.5. The zero-order valence-corrected chi connectivity index (χ0v) is 21.7. The van der Waals surface area contributed by atoms with Gasteiger partial charge in [0.05, 0.1) is 0 Å². The van der Waals surface area contributed by atoms with Crippen molar-refractivity contribution in [3.05, 3.63) is 24.3 Å². The molecule has 4 fully saturated rings. The van der Waals surface area contributed by atoms with Crippen LogP contribution < -0.4 is 0 Å². The van der Waals surface area contributed by atoms with E-state index in [4.69, 9.17) is 0 Å². The van der Waals surface area contributed by atoms with Gasteiger partial charge in [0.25, 0.3) is 0 Å². The lowest BCUT2D eigenvalue weighted by Crippen LogP contribution is -2.64. The summed E-state index contributed by atoms with van der Waals surface area (Å²) in [5, 5.41) is 9.56. The van der Waals surface area contributed by atoms with Gasteiger partial charge in [-0.3, -0.25) is 4.79 Å². The average Bonchev–Trinajstić information content (AvgIpc) is 3.04. The molecule has 4 rings (SSSR count). The first kappa shape index (κ1) is 24.1. The lowest BCUT2D eigenvalue weighted by molar-refractivity contribution is -0.221. The van der Waals surface area contributed by atoms with Crippen molar-refractivity contribution in [2.75, 3.05) is 0 Å². The van der Waals surface area contributed by atoms with E-state index < -0.39 is 5.97 Å². The van der Waals surface area contributed by atoms with Crippen LogP contribution in [0.2, 0.25) is 0 Å². The van der Waals surface area contributed by atoms with E-state index in [9.17, 15) is 9.90 Å². The minimum atomic E-state index is -0.649. The molecule has 0 heterocycles. The summed E-state index contributed by atoms with van der Waals surface area (Å²) >= 11 is 0. The Morgan fingerprint density at radius 1 is 0.844 bits per heavy atom. The Balaban J connectivity index is 1.72. The van der Waals surface area contributed by atoms with Crippen LogP contribution in [0.3, 0.4) is 0 Å². The number of carbonyl (C=O) groups is 1. The maximum atomic E-state index is 11.6. The molecule has 0 aromatic rings. The maximum Gasteiger partial charge on any atom is 0.303 e. The summed E-state index contributed by atoms with van der Waals surface area (Å²) in [6.07, 6.45) is 11.5. The topological polar surface area (TPSA) is 37.3 Å². The van der Waals surface area contributed by atoms with Crippen LogP contribution in [0.15, 0.2) is 24.3 Å². The minimum Gasteiger partial charge on any atom is -0.481 e. The van der Waals surface area contributed by atoms with E-state index in [-0.39, 0.29) is 17.3 Å². The molecule has 9 atom stereocenters. The van der Waals surface area contributed by atoms with Crippen molar-refractivity contribution < 1.29 is 9.90 Å². The summed E-state index contributed by atoms with van der Waals surface area (Å²) in [5.74, 6) is 2.70. The molecule has 0 radical (unpaired) electrons. The Hall–Kier alpha value is -1.05. The van der Waals surface area contributed by atoms with Gasteiger partial charge < -0.3 is 5.11 Å². The number of aliphatic carboxylic acids is 1. The predicted octanol–water partition coefficient (Wildman–Crippen LogP) is 8.28. The number of rotatable bonds is 5. The minimum absolute atomic E-state index is 0.0405. The highest BCUT2D eigenvalue weighted by Gasteiger charge is 2.69. The molecule has 0 amide bonds. The second kappa shape index (κ2) is 7.74. The van der Waals surface area contributed by atoms with E-state index in [0.29, 0.717) is 22.7 Å². The van der Waals surface area contributed by atoms with E-state index in [1.807, 2.05) is 0 Å². The van der Waals surface area contributed by atoms with Crippen LogP contribution in [0.1, 0.15) is 106 Å². The van der Waals surface area contributed by atoms with Crippen LogP contribution in [-0.4, -0.2) is 11.1 Å². The first-order chi connectivity index (χ1) is 14.8. The number of carboxylic acid groups (broad SMARTS) is 1. The zero-order chi connectivity index (χ0) is 23.7. The molecule has 0 spiro atoms. The maximum absolute atomic E-state index is 11.6. The van der Waals surface area contributed by atoms with E-state index >= 15 is 0 Å². The fourth-order valence-corrected chi connectivity index (χ4v) is 10.7. The lowest BCUT2D eigenvalue weighted by atomic mass is 9.33. The first-order valence-electron chi connectivity index (χ1n) is 13.3. The molecule has 0 saturated heterocycles. The van der Waals surface area contributed by atoms with E-state index in [1.54, 1.807) is 0 Å². The number of carboxylic acids is 1. The summed E-state index contributed by atoms with van der Waals surface area (Å²) in [6.45, 7) is 23.5. The van der Waals surface area contributed by atoms with Gasteiger partial charge >= 0.3 is 5.97 Å². The SMILES string of the molecule is C=C(C)[C@@H]1CC[C@]2(C)[C@H]3CC[C@@H]4[C@@](C)(CCC(=O)O)[C@H](C(=C)C)CC[C@@]4(C)[C@]3(C)CC[C@@H]12. The molecule has 0 unspecified atom stereocenters. The average molecular weight is 441 g/mol. The van der Waals surface area contributed by atoms with Gasteiger partial charge in [0, 0.05) is 6.42 Å². The Bertz CT molecular complexity index is 812. The van der Waals surface area contributed by atoms with Gasteiger partial charge in [-0.15, -0.1) is 0 Å². The Morgan fingerprint density at radius 2 is 1.44 bits per heavy atom. The lowest BCUT2D eigenvalue weighted by Gasteiger charge is -2.71. The predicted molar refractivity (Wildman–Crippen MR) is 133 cm³/mol. The molecule has 1 N–H and O–H groups in total. The largest absolute Gasteiger partial charge is 0.481 e. The summed E-state index contributed by atoms with van der Waals surface area (Å²) in [6, 6.07) is 0. The first-order valence-corrected chi connectivity index (χ1v) is 13.3. The Kier molecular flexibility index (Phi) is 5.83. The van der Waals surface area contributed by atoms with Crippen molar-refractivity contribution in [2.45, 2.75) is 106 Å². The zero-order valence-electron chi connectivity index (χ0n) is 21.7. The van der Waals surface area contributed by atoms with E-state index in [0.717, 1.165) is 24.2 Å². The fourth-order valence-electron chi connectivity index (χ4n) is 10.7. The molecule has 2 heteroatoms. The molecule has 0 aliphatic heterocycles. The van der Waals surface area contributed by atoms with Crippen LogP contribution in [0.4, 0.5) is 0 Å². The number of fused-ring (bicyclic) bond motifs is 5. The summed E-state index contributed by atoms with van der Waals surface area (Å²) < 4.78 is 0.